The molecular formula is C18H19F2NO3S. The van der Waals surface area contributed by atoms with E-state index in [9.17, 15) is 17.2 Å². The van der Waals surface area contributed by atoms with Crippen LogP contribution < -0.4 is 4.72 Å². The first kappa shape index (κ1) is 18.0. The molecule has 2 aromatic rings. The van der Waals surface area contributed by atoms with Gasteiger partial charge in [-0.05, 0) is 55.0 Å². The smallest absolute Gasteiger partial charge is 0.240 e. The molecule has 2 N–H and O–H groups in total. The van der Waals surface area contributed by atoms with E-state index in [1.54, 1.807) is 0 Å². The van der Waals surface area contributed by atoms with Crippen molar-refractivity contribution >= 4 is 10.0 Å². The number of aliphatic hydroxyl groups excluding tert-OH is 1. The third-order valence-corrected chi connectivity index (χ3v) is 6.06. The summed E-state index contributed by atoms with van der Waals surface area (Å²) in [5.74, 6) is -1.23. The fourth-order valence-corrected chi connectivity index (χ4v) is 4.46. The Bertz CT molecular complexity index is 853. The van der Waals surface area contributed by atoms with Gasteiger partial charge in [-0.2, -0.15) is 0 Å². The predicted molar refractivity (Wildman–Crippen MR) is 90.3 cm³/mol. The topological polar surface area (TPSA) is 66.4 Å². The molecule has 25 heavy (non-hydrogen) atoms. The molecule has 3 rings (SSSR count). The van der Waals surface area contributed by atoms with Gasteiger partial charge in [-0.25, -0.2) is 21.9 Å². The Kier molecular flexibility index (Phi) is 5.17. The summed E-state index contributed by atoms with van der Waals surface area (Å²) in [5.41, 5.74) is 0.678. The first-order valence-electron chi connectivity index (χ1n) is 8.08. The van der Waals surface area contributed by atoms with E-state index in [1.807, 2.05) is 0 Å². The average Bonchev–Trinajstić information content (AvgIpc) is 3.02. The zero-order valence-corrected chi connectivity index (χ0v) is 14.3. The van der Waals surface area contributed by atoms with Gasteiger partial charge in [-0.1, -0.05) is 12.1 Å². The van der Waals surface area contributed by atoms with E-state index in [4.69, 9.17) is 5.11 Å². The van der Waals surface area contributed by atoms with Crippen molar-refractivity contribution in [3.8, 4) is 11.1 Å². The van der Waals surface area contributed by atoms with Gasteiger partial charge in [-0.3, -0.25) is 0 Å². The van der Waals surface area contributed by atoms with Crippen molar-refractivity contribution in [2.75, 3.05) is 6.61 Å². The highest BCUT2D eigenvalue weighted by atomic mass is 32.2. The lowest BCUT2D eigenvalue weighted by Gasteiger charge is -2.13. The molecule has 0 saturated heterocycles. The monoisotopic (exact) mass is 367 g/mol. The van der Waals surface area contributed by atoms with E-state index in [0.29, 0.717) is 18.4 Å². The molecule has 1 aliphatic carbocycles. The van der Waals surface area contributed by atoms with Crippen molar-refractivity contribution in [2.45, 2.75) is 30.2 Å². The van der Waals surface area contributed by atoms with E-state index < -0.39 is 21.7 Å². The zero-order chi connectivity index (χ0) is 18.0. The van der Waals surface area contributed by atoms with Crippen LogP contribution in [0.15, 0.2) is 47.4 Å². The summed E-state index contributed by atoms with van der Waals surface area (Å²) in [6.07, 6.45) is 2.12. The van der Waals surface area contributed by atoms with E-state index in [-0.39, 0.29) is 29.0 Å². The van der Waals surface area contributed by atoms with Crippen molar-refractivity contribution in [2.24, 2.45) is 5.92 Å². The highest BCUT2D eigenvalue weighted by Gasteiger charge is 2.28. The molecule has 4 nitrogen and oxygen atoms in total. The van der Waals surface area contributed by atoms with Crippen LogP contribution in [0.5, 0.6) is 0 Å². The first-order valence-corrected chi connectivity index (χ1v) is 9.56. The number of hydrogen-bond donors (Lipinski definition) is 2. The van der Waals surface area contributed by atoms with Crippen LogP contribution in [-0.4, -0.2) is 26.2 Å². The molecule has 0 heterocycles. The maximum absolute atomic E-state index is 13.8. The Balaban J connectivity index is 1.77. The van der Waals surface area contributed by atoms with E-state index in [1.165, 1.54) is 30.3 Å². The van der Waals surface area contributed by atoms with Crippen LogP contribution in [0.3, 0.4) is 0 Å². The van der Waals surface area contributed by atoms with Gasteiger partial charge < -0.3 is 5.11 Å². The summed E-state index contributed by atoms with van der Waals surface area (Å²) in [6.45, 7) is 0.0656. The van der Waals surface area contributed by atoms with Crippen molar-refractivity contribution in [1.82, 2.24) is 4.72 Å². The van der Waals surface area contributed by atoms with Crippen LogP contribution in [0.2, 0.25) is 0 Å². The van der Waals surface area contributed by atoms with Gasteiger partial charge in [0.15, 0.2) is 0 Å². The minimum absolute atomic E-state index is 0.0656. The second-order valence-electron chi connectivity index (χ2n) is 6.33. The van der Waals surface area contributed by atoms with Gasteiger partial charge in [0.25, 0.3) is 0 Å². The van der Waals surface area contributed by atoms with Crippen LogP contribution in [0.1, 0.15) is 19.3 Å². The van der Waals surface area contributed by atoms with E-state index in [0.717, 1.165) is 18.6 Å². The average molecular weight is 367 g/mol. The fraction of sp³-hybridized carbons (Fsp3) is 0.333. The van der Waals surface area contributed by atoms with Crippen molar-refractivity contribution in [1.29, 1.82) is 0 Å². The van der Waals surface area contributed by atoms with Gasteiger partial charge in [0.2, 0.25) is 10.0 Å². The van der Waals surface area contributed by atoms with Gasteiger partial charge in [-0.15, -0.1) is 0 Å². The highest BCUT2D eigenvalue weighted by Crippen LogP contribution is 2.28. The lowest BCUT2D eigenvalue weighted by Crippen LogP contribution is -2.33. The molecule has 1 saturated carbocycles. The van der Waals surface area contributed by atoms with E-state index >= 15 is 0 Å². The summed E-state index contributed by atoms with van der Waals surface area (Å²) in [5, 5.41) is 9.15. The van der Waals surface area contributed by atoms with Crippen molar-refractivity contribution in [3.05, 3.63) is 54.1 Å². The molecule has 1 aliphatic rings. The molecule has 134 valence electrons. The number of rotatable bonds is 5. The third-order valence-electron chi connectivity index (χ3n) is 4.53. The molecular weight excluding hydrogens is 348 g/mol. The Labute approximate surface area is 145 Å². The lowest BCUT2D eigenvalue weighted by atomic mass is 10.1. The van der Waals surface area contributed by atoms with Crippen LogP contribution in [0.4, 0.5) is 8.78 Å². The molecule has 0 bridgehead atoms. The Hall–Kier alpha value is -1.83. The van der Waals surface area contributed by atoms with Crippen LogP contribution in [0.25, 0.3) is 11.1 Å². The van der Waals surface area contributed by atoms with Crippen molar-refractivity contribution < 1.29 is 22.3 Å². The SMILES string of the molecule is O=S(=O)(NC1CC[C@@H](CO)C1)c1ccc(-c2ccc(F)cc2F)cc1. The second kappa shape index (κ2) is 7.19. The van der Waals surface area contributed by atoms with Crippen LogP contribution in [-0.2, 0) is 10.0 Å². The quantitative estimate of drug-likeness (QED) is 0.854. The van der Waals surface area contributed by atoms with Gasteiger partial charge in [0, 0.05) is 24.3 Å². The Morgan fingerprint density at radius 1 is 1.08 bits per heavy atom. The number of hydrogen-bond acceptors (Lipinski definition) is 3. The largest absolute Gasteiger partial charge is 0.396 e. The normalized spacial score (nSPS) is 20.8. The number of benzene rings is 2. The molecule has 0 radical (unpaired) electrons. The zero-order valence-electron chi connectivity index (χ0n) is 13.5. The molecule has 0 aliphatic heterocycles. The summed E-state index contributed by atoms with van der Waals surface area (Å²) >= 11 is 0. The van der Waals surface area contributed by atoms with E-state index in [2.05, 4.69) is 4.72 Å². The van der Waals surface area contributed by atoms with Crippen molar-refractivity contribution in [3.63, 3.8) is 0 Å². The summed E-state index contributed by atoms with van der Waals surface area (Å²) in [6, 6.07) is 8.88. The number of sulfonamides is 1. The Morgan fingerprint density at radius 2 is 1.80 bits per heavy atom. The standard InChI is InChI=1S/C18H19F2NO3S/c19-14-4-8-17(18(20)10-14)13-2-6-16(7-3-13)25(23,24)21-15-5-1-12(9-15)11-22/h2-4,6-8,10,12,15,21-22H,1,5,9,11H2/t12-,15?/m1/s1. The minimum Gasteiger partial charge on any atom is -0.396 e. The molecule has 7 heteroatoms. The maximum Gasteiger partial charge on any atom is 0.240 e. The minimum atomic E-state index is -3.68. The number of nitrogens with one attached hydrogen (secondary N) is 1. The van der Waals surface area contributed by atoms with Crippen LogP contribution >= 0.6 is 0 Å². The molecule has 2 aromatic carbocycles. The molecule has 0 aromatic heterocycles. The lowest BCUT2D eigenvalue weighted by molar-refractivity contribution is 0.228. The van der Waals surface area contributed by atoms with Crippen LogP contribution in [0, 0.1) is 17.6 Å². The predicted octanol–water partition coefficient (Wildman–Crippen LogP) is 3.07. The second-order valence-corrected chi connectivity index (χ2v) is 8.04. The first-order chi connectivity index (χ1) is 11.9. The summed E-state index contributed by atoms with van der Waals surface area (Å²) < 4.78 is 54.3. The van der Waals surface area contributed by atoms with Gasteiger partial charge in [0.05, 0.1) is 4.90 Å². The molecule has 0 spiro atoms. The molecule has 2 atom stereocenters. The highest BCUT2D eigenvalue weighted by molar-refractivity contribution is 7.89. The molecule has 0 amide bonds. The maximum atomic E-state index is 13.8. The molecule has 1 fully saturated rings. The fourth-order valence-electron chi connectivity index (χ4n) is 3.17. The third kappa shape index (κ3) is 4.05. The number of halogens is 2. The summed E-state index contributed by atoms with van der Waals surface area (Å²) in [7, 11) is -3.68. The summed E-state index contributed by atoms with van der Waals surface area (Å²) in [4.78, 5) is 0.0891. The van der Waals surface area contributed by atoms with Gasteiger partial charge >= 0.3 is 0 Å². The molecule has 1 unspecified atom stereocenters. The van der Waals surface area contributed by atoms with Gasteiger partial charge in [0.1, 0.15) is 11.6 Å². The number of aliphatic hydroxyl groups is 1. The Morgan fingerprint density at radius 3 is 2.40 bits per heavy atom.